The Morgan fingerprint density at radius 1 is 1.37 bits per heavy atom. The Morgan fingerprint density at radius 2 is 2.21 bits per heavy atom. The predicted octanol–water partition coefficient (Wildman–Crippen LogP) is 3.26. The van der Waals surface area contributed by atoms with E-state index in [1.54, 1.807) is 11.3 Å². The number of imidazole rings is 1. The molecule has 0 aliphatic rings. The van der Waals surface area contributed by atoms with E-state index in [-0.39, 0.29) is 0 Å². The van der Waals surface area contributed by atoms with E-state index in [0.717, 1.165) is 27.5 Å². The summed E-state index contributed by atoms with van der Waals surface area (Å²) in [5.74, 6) is 1.43. The van der Waals surface area contributed by atoms with Gasteiger partial charge >= 0.3 is 0 Å². The Balaban J connectivity index is 2.05. The fraction of sp³-hybridized carbons (Fsp3) is 0.214. The number of nitrogens with zero attached hydrogens (tertiary/aromatic N) is 2. The fourth-order valence-corrected chi connectivity index (χ4v) is 2.73. The minimum Gasteiger partial charge on any atom is -0.437 e. The summed E-state index contributed by atoms with van der Waals surface area (Å²) in [5, 5.41) is 1.99. The minimum absolute atomic E-state index is 0.401. The van der Waals surface area contributed by atoms with Crippen molar-refractivity contribution in [1.82, 2.24) is 9.38 Å². The van der Waals surface area contributed by atoms with E-state index in [0.29, 0.717) is 12.4 Å². The van der Waals surface area contributed by atoms with E-state index in [2.05, 4.69) is 11.1 Å². The van der Waals surface area contributed by atoms with Gasteiger partial charge in [-0.3, -0.25) is 4.40 Å². The smallest absolute Gasteiger partial charge is 0.243 e. The van der Waals surface area contributed by atoms with Gasteiger partial charge in [-0.1, -0.05) is 12.1 Å². The molecule has 3 aromatic rings. The van der Waals surface area contributed by atoms with Crippen molar-refractivity contribution in [3.8, 4) is 11.6 Å². The van der Waals surface area contributed by atoms with Crippen molar-refractivity contribution in [2.45, 2.75) is 20.4 Å². The molecule has 0 unspecified atom stereocenters. The molecule has 0 atom stereocenters. The first-order valence-corrected chi connectivity index (χ1v) is 6.96. The van der Waals surface area contributed by atoms with Crippen LogP contribution in [0.15, 0.2) is 29.8 Å². The van der Waals surface area contributed by atoms with Gasteiger partial charge in [-0.25, -0.2) is 0 Å². The van der Waals surface area contributed by atoms with E-state index >= 15 is 0 Å². The van der Waals surface area contributed by atoms with Crippen molar-refractivity contribution < 1.29 is 4.74 Å². The maximum atomic E-state index is 5.95. The van der Waals surface area contributed by atoms with Gasteiger partial charge in [-0.05, 0) is 31.0 Å². The third-order valence-corrected chi connectivity index (χ3v) is 3.82. The molecule has 0 saturated carbocycles. The summed E-state index contributed by atoms with van der Waals surface area (Å²) in [6.07, 6.45) is 1.96. The molecule has 5 heteroatoms. The van der Waals surface area contributed by atoms with Crippen LogP contribution < -0.4 is 10.5 Å². The Hall–Kier alpha value is -1.85. The second kappa shape index (κ2) is 4.68. The molecule has 1 aromatic carbocycles. The molecule has 0 fully saturated rings. The normalized spacial score (nSPS) is 11.1. The summed E-state index contributed by atoms with van der Waals surface area (Å²) in [4.78, 5) is 5.39. The van der Waals surface area contributed by atoms with E-state index in [4.69, 9.17) is 10.5 Å². The number of rotatable bonds is 3. The largest absolute Gasteiger partial charge is 0.437 e. The summed E-state index contributed by atoms with van der Waals surface area (Å²) >= 11 is 1.57. The molecule has 0 aliphatic heterocycles. The van der Waals surface area contributed by atoms with Crippen molar-refractivity contribution in [2.24, 2.45) is 5.73 Å². The molecule has 2 N–H and O–H groups in total. The zero-order valence-electron chi connectivity index (χ0n) is 10.9. The van der Waals surface area contributed by atoms with Crippen molar-refractivity contribution in [3.05, 3.63) is 46.6 Å². The first-order chi connectivity index (χ1) is 9.19. The number of fused-ring (bicyclic) bond motifs is 1. The number of hydrogen-bond acceptors (Lipinski definition) is 4. The summed E-state index contributed by atoms with van der Waals surface area (Å²) in [5.41, 5.74) is 8.96. The highest BCUT2D eigenvalue weighted by Gasteiger charge is 2.14. The first-order valence-electron chi connectivity index (χ1n) is 6.08. The second-order valence-corrected chi connectivity index (χ2v) is 5.37. The van der Waals surface area contributed by atoms with E-state index in [1.165, 1.54) is 0 Å². The fourth-order valence-electron chi connectivity index (χ4n) is 2.00. The SMILES string of the molecule is Cc1ccc(C)c(Oc2nc3sccn3c2CN)c1. The molecular formula is C14H15N3OS. The number of hydrogen-bond donors (Lipinski definition) is 1. The monoisotopic (exact) mass is 273 g/mol. The van der Waals surface area contributed by atoms with Gasteiger partial charge in [-0.2, -0.15) is 4.98 Å². The molecule has 2 heterocycles. The van der Waals surface area contributed by atoms with Gasteiger partial charge in [-0.15, -0.1) is 11.3 Å². The Kier molecular flexibility index (Phi) is 3.00. The molecule has 0 saturated heterocycles. The minimum atomic E-state index is 0.401. The third-order valence-electron chi connectivity index (χ3n) is 3.07. The topological polar surface area (TPSA) is 52.5 Å². The summed E-state index contributed by atoms with van der Waals surface area (Å²) in [7, 11) is 0. The molecule has 0 amide bonds. The van der Waals surface area contributed by atoms with Crippen LogP contribution in [0.5, 0.6) is 11.6 Å². The van der Waals surface area contributed by atoms with Crippen molar-refractivity contribution in [1.29, 1.82) is 0 Å². The Labute approximate surface area is 115 Å². The van der Waals surface area contributed by atoms with Crippen LogP contribution in [0.3, 0.4) is 0 Å². The average Bonchev–Trinajstić information content (AvgIpc) is 2.94. The number of aromatic nitrogens is 2. The van der Waals surface area contributed by atoms with Crippen LogP contribution in [-0.2, 0) is 6.54 Å². The van der Waals surface area contributed by atoms with Gasteiger partial charge in [0, 0.05) is 18.1 Å². The van der Waals surface area contributed by atoms with Crippen LogP contribution in [0.25, 0.3) is 4.96 Å². The van der Waals surface area contributed by atoms with E-state index in [1.807, 2.05) is 42.0 Å². The van der Waals surface area contributed by atoms with Gasteiger partial charge in [0.1, 0.15) is 11.4 Å². The summed E-state index contributed by atoms with van der Waals surface area (Å²) in [6, 6.07) is 6.13. The quantitative estimate of drug-likeness (QED) is 0.797. The molecule has 3 rings (SSSR count). The van der Waals surface area contributed by atoms with Crippen molar-refractivity contribution in [3.63, 3.8) is 0 Å². The zero-order valence-corrected chi connectivity index (χ0v) is 11.7. The third kappa shape index (κ3) is 2.11. The zero-order chi connectivity index (χ0) is 13.4. The average molecular weight is 273 g/mol. The van der Waals surface area contributed by atoms with Crippen molar-refractivity contribution >= 4 is 16.3 Å². The molecule has 0 radical (unpaired) electrons. The molecule has 98 valence electrons. The van der Waals surface area contributed by atoms with Gasteiger partial charge in [0.15, 0.2) is 4.96 Å². The number of aryl methyl sites for hydroxylation is 2. The van der Waals surface area contributed by atoms with Crippen LogP contribution in [0.2, 0.25) is 0 Å². The molecule has 0 bridgehead atoms. The number of ether oxygens (including phenoxy) is 1. The summed E-state index contributed by atoms with van der Waals surface area (Å²) in [6.45, 7) is 4.47. The van der Waals surface area contributed by atoms with E-state index in [9.17, 15) is 0 Å². The summed E-state index contributed by atoms with van der Waals surface area (Å²) < 4.78 is 7.93. The Bertz CT molecular complexity index is 729. The van der Waals surface area contributed by atoms with Gasteiger partial charge in [0.25, 0.3) is 0 Å². The van der Waals surface area contributed by atoms with E-state index < -0.39 is 0 Å². The van der Waals surface area contributed by atoms with Crippen LogP contribution >= 0.6 is 11.3 Å². The lowest BCUT2D eigenvalue weighted by Crippen LogP contribution is -2.02. The number of benzene rings is 1. The highest BCUT2D eigenvalue weighted by atomic mass is 32.1. The van der Waals surface area contributed by atoms with Gasteiger partial charge < -0.3 is 10.5 Å². The lowest BCUT2D eigenvalue weighted by Gasteiger charge is -2.08. The molecule has 0 spiro atoms. The number of thiazole rings is 1. The molecule has 4 nitrogen and oxygen atoms in total. The lowest BCUT2D eigenvalue weighted by atomic mass is 10.1. The first kappa shape index (κ1) is 12.2. The molecule has 19 heavy (non-hydrogen) atoms. The van der Waals surface area contributed by atoms with Crippen LogP contribution in [-0.4, -0.2) is 9.38 Å². The van der Waals surface area contributed by atoms with Crippen LogP contribution in [0.1, 0.15) is 16.8 Å². The number of nitrogens with two attached hydrogens (primary N) is 1. The maximum Gasteiger partial charge on any atom is 0.243 e. The highest BCUT2D eigenvalue weighted by Crippen LogP contribution is 2.30. The Morgan fingerprint density at radius 3 is 3.00 bits per heavy atom. The lowest BCUT2D eigenvalue weighted by molar-refractivity contribution is 0.455. The maximum absolute atomic E-state index is 5.95. The van der Waals surface area contributed by atoms with Gasteiger partial charge in [0.05, 0.1) is 0 Å². The van der Waals surface area contributed by atoms with Crippen LogP contribution in [0.4, 0.5) is 0 Å². The van der Waals surface area contributed by atoms with Crippen LogP contribution in [0, 0.1) is 13.8 Å². The highest BCUT2D eigenvalue weighted by molar-refractivity contribution is 7.15. The van der Waals surface area contributed by atoms with Crippen molar-refractivity contribution in [2.75, 3.05) is 0 Å². The predicted molar refractivity (Wildman–Crippen MR) is 77.0 cm³/mol. The molecule has 2 aromatic heterocycles. The standard InChI is InChI=1S/C14H15N3OS/c1-9-3-4-10(2)12(7-9)18-13-11(8-15)17-5-6-19-14(17)16-13/h3-7H,8,15H2,1-2H3. The molecule has 0 aliphatic carbocycles. The second-order valence-electron chi connectivity index (χ2n) is 4.49. The molecular weight excluding hydrogens is 258 g/mol. The van der Waals surface area contributed by atoms with Gasteiger partial charge in [0.2, 0.25) is 5.88 Å².